The van der Waals surface area contributed by atoms with E-state index in [-0.39, 0.29) is 23.8 Å². The van der Waals surface area contributed by atoms with E-state index in [0.29, 0.717) is 36.7 Å². The fourth-order valence-electron chi connectivity index (χ4n) is 4.26. The first-order valence-electron chi connectivity index (χ1n) is 10.3. The van der Waals surface area contributed by atoms with Crippen molar-refractivity contribution in [2.24, 2.45) is 0 Å². The number of Topliss-reactive ketones (excluding diaryl/α,β-unsaturated/α-hetero) is 1. The summed E-state index contributed by atoms with van der Waals surface area (Å²) in [6, 6.07) is 8.30. The number of aliphatic hydroxyl groups excluding tert-OH is 1. The maximum atomic E-state index is 12.3. The number of carbonyl (C=O) groups excluding carboxylic acids is 1. The third kappa shape index (κ3) is 4.41. The second-order valence-corrected chi connectivity index (χ2v) is 7.86. The summed E-state index contributed by atoms with van der Waals surface area (Å²) in [7, 11) is 0. The molecule has 0 bridgehead atoms. The van der Waals surface area contributed by atoms with Crippen molar-refractivity contribution < 1.29 is 9.90 Å². The molecule has 29 heavy (non-hydrogen) atoms. The highest BCUT2D eigenvalue weighted by Gasteiger charge is 2.29. The first-order valence-corrected chi connectivity index (χ1v) is 10.3. The second kappa shape index (κ2) is 8.62. The molecule has 150 valence electrons. The third-order valence-electron chi connectivity index (χ3n) is 5.88. The summed E-state index contributed by atoms with van der Waals surface area (Å²) in [5.74, 6) is 3.99. The monoisotopic (exact) mass is 390 g/mol. The summed E-state index contributed by atoms with van der Waals surface area (Å²) in [5.41, 5.74) is 2.91. The number of benzene rings is 1. The summed E-state index contributed by atoms with van der Waals surface area (Å²) in [5, 5.41) is 16.3. The van der Waals surface area contributed by atoms with Crippen molar-refractivity contribution in [3.05, 3.63) is 47.2 Å². The molecule has 0 aliphatic heterocycles. The number of aliphatic hydroxyl groups is 1. The Morgan fingerprint density at radius 1 is 1.21 bits per heavy atom. The van der Waals surface area contributed by atoms with Gasteiger partial charge < -0.3 is 15.7 Å². The standard InChI is InChI=1S/C23H26N4O2/c1-2-15-14-25-23(27-22(15)26-17-7-9-18(28)10-8-17)24-12-11-20-19-6-4-3-5-16(19)13-21(20)29/h1,3-6,14,17-18,20,28H,7-13H2,(H2,24,25,26,27). The summed E-state index contributed by atoms with van der Waals surface area (Å²) in [6.45, 7) is 0.606. The number of nitrogens with one attached hydrogen (secondary N) is 2. The molecule has 0 amide bonds. The molecule has 1 heterocycles. The maximum Gasteiger partial charge on any atom is 0.224 e. The molecular weight excluding hydrogens is 364 g/mol. The van der Waals surface area contributed by atoms with Gasteiger partial charge in [0, 0.05) is 24.9 Å². The average molecular weight is 390 g/mol. The Labute approximate surface area is 171 Å². The van der Waals surface area contributed by atoms with E-state index in [1.807, 2.05) is 24.3 Å². The van der Waals surface area contributed by atoms with Crippen molar-refractivity contribution >= 4 is 17.5 Å². The molecule has 0 spiro atoms. The van der Waals surface area contributed by atoms with E-state index in [9.17, 15) is 9.90 Å². The zero-order valence-electron chi connectivity index (χ0n) is 16.4. The van der Waals surface area contributed by atoms with Gasteiger partial charge in [-0.15, -0.1) is 6.42 Å². The molecule has 1 atom stereocenters. The first-order chi connectivity index (χ1) is 14.1. The van der Waals surface area contributed by atoms with Crippen LogP contribution in [-0.4, -0.2) is 39.5 Å². The fourth-order valence-corrected chi connectivity index (χ4v) is 4.26. The number of aromatic nitrogens is 2. The summed E-state index contributed by atoms with van der Waals surface area (Å²) in [4.78, 5) is 21.2. The van der Waals surface area contributed by atoms with Gasteiger partial charge in [0.15, 0.2) is 0 Å². The van der Waals surface area contributed by atoms with Crippen LogP contribution in [0.2, 0.25) is 0 Å². The van der Waals surface area contributed by atoms with Gasteiger partial charge in [0.25, 0.3) is 0 Å². The molecule has 3 N–H and O–H groups in total. The van der Waals surface area contributed by atoms with Crippen molar-refractivity contribution in [1.29, 1.82) is 0 Å². The molecule has 1 saturated carbocycles. The quantitative estimate of drug-likeness (QED) is 0.658. The molecule has 6 heteroatoms. The van der Waals surface area contributed by atoms with Gasteiger partial charge in [0.2, 0.25) is 5.95 Å². The normalized spacial score (nSPS) is 23.3. The first kappa shape index (κ1) is 19.4. The number of carbonyl (C=O) groups is 1. The lowest BCUT2D eigenvalue weighted by molar-refractivity contribution is -0.119. The molecule has 1 aromatic carbocycles. The maximum absolute atomic E-state index is 12.3. The molecule has 1 unspecified atom stereocenters. The number of anilines is 2. The number of nitrogens with zero attached hydrogens (tertiary/aromatic N) is 2. The Morgan fingerprint density at radius 2 is 2.00 bits per heavy atom. The Morgan fingerprint density at radius 3 is 2.79 bits per heavy atom. The molecular formula is C23H26N4O2. The van der Waals surface area contributed by atoms with E-state index in [1.165, 1.54) is 0 Å². The lowest BCUT2D eigenvalue weighted by Crippen LogP contribution is -2.29. The van der Waals surface area contributed by atoms with Crippen LogP contribution >= 0.6 is 0 Å². The summed E-state index contributed by atoms with van der Waals surface area (Å²) >= 11 is 0. The number of hydrogen-bond acceptors (Lipinski definition) is 6. The molecule has 2 aliphatic carbocycles. The van der Waals surface area contributed by atoms with Crippen molar-refractivity contribution in [1.82, 2.24) is 9.97 Å². The number of hydrogen-bond donors (Lipinski definition) is 3. The van der Waals surface area contributed by atoms with Crippen LogP contribution in [0.5, 0.6) is 0 Å². The lowest BCUT2D eigenvalue weighted by Gasteiger charge is -2.27. The van der Waals surface area contributed by atoms with E-state index < -0.39 is 0 Å². The Bertz CT molecular complexity index is 929. The van der Waals surface area contributed by atoms with Crippen LogP contribution in [0.25, 0.3) is 0 Å². The van der Waals surface area contributed by atoms with E-state index in [4.69, 9.17) is 6.42 Å². The molecule has 0 radical (unpaired) electrons. The van der Waals surface area contributed by atoms with Crippen molar-refractivity contribution in [2.45, 2.75) is 56.6 Å². The molecule has 6 nitrogen and oxygen atoms in total. The van der Waals surface area contributed by atoms with E-state index >= 15 is 0 Å². The smallest absolute Gasteiger partial charge is 0.224 e. The van der Waals surface area contributed by atoms with Crippen LogP contribution in [0, 0.1) is 12.3 Å². The predicted octanol–water partition coefficient (Wildman–Crippen LogP) is 2.88. The number of terminal acetylenes is 1. The largest absolute Gasteiger partial charge is 0.393 e. The fraction of sp³-hybridized carbons (Fsp3) is 0.435. The second-order valence-electron chi connectivity index (χ2n) is 7.86. The predicted molar refractivity (Wildman–Crippen MR) is 113 cm³/mol. The third-order valence-corrected chi connectivity index (χ3v) is 5.88. The van der Waals surface area contributed by atoms with Crippen molar-refractivity contribution in [2.75, 3.05) is 17.2 Å². The van der Waals surface area contributed by atoms with Crippen LogP contribution < -0.4 is 10.6 Å². The highest BCUT2D eigenvalue weighted by molar-refractivity contribution is 5.92. The summed E-state index contributed by atoms with van der Waals surface area (Å²) in [6.07, 6.45) is 11.6. The van der Waals surface area contributed by atoms with E-state index in [0.717, 1.165) is 36.8 Å². The van der Waals surface area contributed by atoms with Crippen molar-refractivity contribution in [3.63, 3.8) is 0 Å². The van der Waals surface area contributed by atoms with Gasteiger partial charge in [0.1, 0.15) is 11.6 Å². The van der Waals surface area contributed by atoms with E-state index in [2.05, 4.69) is 26.5 Å². The Kier molecular flexibility index (Phi) is 5.77. The van der Waals surface area contributed by atoms with Gasteiger partial charge in [0.05, 0.1) is 17.9 Å². The number of ketones is 1. The van der Waals surface area contributed by atoms with Gasteiger partial charge in [-0.3, -0.25) is 4.79 Å². The van der Waals surface area contributed by atoms with Crippen LogP contribution in [0.15, 0.2) is 30.5 Å². The average Bonchev–Trinajstić information content (AvgIpc) is 3.05. The van der Waals surface area contributed by atoms with Crippen LogP contribution in [0.3, 0.4) is 0 Å². The number of rotatable bonds is 6. The molecule has 2 aromatic rings. The SMILES string of the molecule is C#Cc1cnc(NCCC2C(=O)Cc3ccccc32)nc1NC1CCC(O)CC1. The van der Waals surface area contributed by atoms with Crippen molar-refractivity contribution in [3.8, 4) is 12.3 Å². The minimum absolute atomic E-state index is 0.0602. The van der Waals surface area contributed by atoms with Gasteiger partial charge in [-0.25, -0.2) is 4.98 Å². The van der Waals surface area contributed by atoms with Gasteiger partial charge in [-0.05, 0) is 43.2 Å². The molecule has 2 aliphatic rings. The molecule has 1 aromatic heterocycles. The minimum atomic E-state index is -0.203. The van der Waals surface area contributed by atoms with Crippen LogP contribution in [-0.2, 0) is 11.2 Å². The minimum Gasteiger partial charge on any atom is -0.393 e. The highest BCUT2D eigenvalue weighted by Crippen LogP contribution is 2.32. The van der Waals surface area contributed by atoms with Gasteiger partial charge in [-0.2, -0.15) is 4.98 Å². The Balaban J connectivity index is 1.38. The molecule has 1 fully saturated rings. The zero-order chi connectivity index (χ0) is 20.2. The topological polar surface area (TPSA) is 87.1 Å². The zero-order valence-corrected chi connectivity index (χ0v) is 16.4. The van der Waals surface area contributed by atoms with Gasteiger partial charge in [-0.1, -0.05) is 30.2 Å². The molecule has 0 saturated heterocycles. The highest BCUT2D eigenvalue weighted by atomic mass is 16.3. The van der Waals surface area contributed by atoms with E-state index in [1.54, 1.807) is 6.20 Å². The van der Waals surface area contributed by atoms with Crippen LogP contribution in [0.1, 0.15) is 54.7 Å². The van der Waals surface area contributed by atoms with Gasteiger partial charge >= 0.3 is 0 Å². The Hall–Kier alpha value is -2.91. The lowest BCUT2D eigenvalue weighted by atomic mass is 9.93. The summed E-state index contributed by atoms with van der Waals surface area (Å²) < 4.78 is 0. The number of fused-ring (bicyclic) bond motifs is 1. The van der Waals surface area contributed by atoms with Crippen LogP contribution in [0.4, 0.5) is 11.8 Å². The molecule has 4 rings (SSSR count).